The van der Waals surface area contributed by atoms with Crippen LogP contribution in [0.15, 0.2) is 76.8 Å². The number of benzene rings is 2. The molecule has 7 nitrogen and oxygen atoms in total. The molecule has 1 saturated heterocycles. The number of carbonyl (C=O) groups is 3. The fraction of sp³-hybridized carbons (Fsp3) is 0.0455. The van der Waals surface area contributed by atoms with Crippen molar-refractivity contribution in [2.45, 2.75) is 0 Å². The Morgan fingerprint density at radius 1 is 1.00 bits per heavy atom. The van der Waals surface area contributed by atoms with Gasteiger partial charge in [0, 0.05) is 11.6 Å². The van der Waals surface area contributed by atoms with Crippen LogP contribution in [0.4, 0.5) is 10.5 Å². The summed E-state index contributed by atoms with van der Waals surface area (Å²) in [5, 5.41) is 2.56. The molecule has 0 radical (unpaired) electrons. The molecule has 2 heterocycles. The van der Waals surface area contributed by atoms with E-state index in [1.165, 1.54) is 13.2 Å². The molecule has 1 aromatic heterocycles. The highest BCUT2D eigenvalue weighted by atomic mass is 16.5. The molecule has 1 aliphatic heterocycles. The van der Waals surface area contributed by atoms with Crippen molar-refractivity contribution in [3.63, 3.8) is 0 Å². The van der Waals surface area contributed by atoms with Gasteiger partial charge in [-0.1, -0.05) is 30.3 Å². The Morgan fingerprint density at radius 3 is 2.41 bits per heavy atom. The van der Waals surface area contributed by atoms with E-state index in [4.69, 9.17) is 4.42 Å². The van der Waals surface area contributed by atoms with E-state index >= 15 is 0 Å². The number of urea groups is 1. The fourth-order valence-corrected chi connectivity index (χ4v) is 2.96. The number of methoxy groups -OCH3 is 1. The Morgan fingerprint density at radius 2 is 1.72 bits per heavy atom. The molecule has 0 aliphatic carbocycles. The summed E-state index contributed by atoms with van der Waals surface area (Å²) in [5.41, 5.74) is 1.81. The number of imide groups is 1. The van der Waals surface area contributed by atoms with E-state index in [1.807, 2.05) is 0 Å². The van der Waals surface area contributed by atoms with Crippen molar-refractivity contribution in [2.75, 3.05) is 12.0 Å². The average Bonchev–Trinajstić information content (AvgIpc) is 3.32. The molecular weight excluding hydrogens is 372 g/mol. The molecule has 144 valence electrons. The van der Waals surface area contributed by atoms with Crippen LogP contribution >= 0.6 is 0 Å². The van der Waals surface area contributed by atoms with Crippen LogP contribution in [0.25, 0.3) is 17.4 Å². The van der Waals surface area contributed by atoms with Gasteiger partial charge >= 0.3 is 12.0 Å². The summed E-state index contributed by atoms with van der Waals surface area (Å²) in [5.74, 6) is 0.0991. The number of furan rings is 1. The summed E-state index contributed by atoms with van der Waals surface area (Å²) in [6.07, 6.45) is 1.48. The lowest BCUT2D eigenvalue weighted by atomic mass is 10.1. The highest BCUT2D eigenvalue weighted by molar-refractivity contribution is 6.28. The lowest BCUT2D eigenvalue weighted by Gasteiger charge is -2.10. The molecule has 0 spiro atoms. The maximum absolute atomic E-state index is 12.6. The van der Waals surface area contributed by atoms with Gasteiger partial charge in [0.2, 0.25) is 0 Å². The first-order valence-electron chi connectivity index (χ1n) is 8.77. The van der Waals surface area contributed by atoms with E-state index in [0.717, 1.165) is 10.5 Å². The first-order valence-corrected chi connectivity index (χ1v) is 8.77. The van der Waals surface area contributed by atoms with Gasteiger partial charge in [0.25, 0.3) is 5.91 Å². The normalized spacial score (nSPS) is 14.9. The van der Waals surface area contributed by atoms with Gasteiger partial charge in [-0.3, -0.25) is 4.79 Å². The van der Waals surface area contributed by atoms with E-state index in [2.05, 4.69) is 10.1 Å². The summed E-state index contributed by atoms with van der Waals surface area (Å²) in [6.45, 7) is 0. The van der Waals surface area contributed by atoms with E-state index < -0.39 is 17.9 Å². The number of esters is 1. The smallest absolute Gasteiger partial charge is 0.337 e. The van der Waals surface area contributed by atoms with Crippen molar-refractivity contribution >= 4 is 29.7 Å². The highest BCUT2D eigenvalue weighted by Gasteiger charge is 2.34. The molecule has 0 bridgehead atoms. The number of nitrogens with one attached hydrogen (secondary N) is 1. The lowest BCUT2D eigenvalue weighted by molar-refractivity contribution is -0.113. The van der Waals surface area contributed by atoms with E-state index in [1.54, 1.807) is 66.7 Å². The van der Waals surface area contributed by atoms with Crippen molar-refractivity contribution in [3.05, 3.63) is 83.8 Å². The number of hydrogen-bond acceptors (Lipinski definition) is 5. The quantitative estimate of drug-likeness (QED) is 0.417. The largest absolute Gasteiger partial charge is 0.465 e. The van der Waals surface area contributed by atoms with Crippen LogP contribution in [0.3, 0.4) is 0 Å². The summed E-state index contributed by atoms with van der Waals surface area (Å²) in [4.78, 5) is 37.4. The Labute approximate surface area is 166 Å². The average molecular weight is 388 g/mol. The molecule has 1 N–H and O–H groups in total. The predicted octanol–water partition coefficient (Wildman–Crippen LogP) is 3.83. The molecular formula is C22H16N2O5. The molecule has 3 amide bonds. The standard InChI is InChI=1S/C22H16N2O5/c1-28-21(26)15-9-7-14(8-10-15)19-12-11-17(29-19)13-18-20(25)24(22(27)23-18)16-5-3-2-4-6-16/h2-13H,1H3,(H,23,27). The number of carbonyl (C=O) groups excluding carboxylic acids is 3. The molecule has 7 heteroatoms. The minimum Gasteiger partial charge on any atom is -0.465 e. The van der Waals surface area contributed by atoms with Crippen LogP contribution in [0.2, 0.25) is 0 Å². The van der Waals surface area contributed by atoms with Gasteiger partial charge in [0.05, 0.1) is 18.4 Å². The fourth-order valence-electron chi connectivity index (χ4n) is 2.96. The van der Waals surface area contributed by atoms with Crippen LogP contribution < -0.4 is 10.2 Å². The van der Waals surface area contributed by atoms with Crippen molar-refractivity contribution < 1.29 is 23.5 Å². The summed E-state index contributed by atoms with van der Waals surface area (Å²) < 4.78 is 10.4. The minimum atomic E-state index is -0.516. The first kappa shape index (κ1) is 18.2. The zero-order valence-corrected chi connectivity index (χ0v) is 15.4. The third kappa shape index (κ3) is 3.53. The summed E-state index contributed by atoms with van der Waals surface area (Å²) in [7, 11) is 1.32. The van der Waals surface area contributed by atoms with Crippen molar-refractivity contribution in [3.8, 4) is 11.3 Å². The predicted molar refractivity (Wildman–Crippen MR) is 106 cm³/mol. The number of rotatable bonds is 4. The number of para-hydroxylation sites is 1. The van der Waals surface area contributed by atoms with Crippen LogP contribution in [0, 0.1) is 0 Å². The second-order valence-corrected chi connectivity index (χ2v) is 6.24. The lowest BCUT2D eigenvalue weighted by Crippen LogP contribution is -2.30. The molecule has 1 aliphatic rings. The van der Waals surface area contributed by atoms with Crippen molar-refractivity contribution in [2.24, 2.45) is 0 Å². The molecule has 1 fully saturated rings. The monoisotopic (exact) mass is 388 g/mol. The zero-order valence-electron chi connectivity index (χ0n) is 15.4. The van der Waals surface area contributed by atoms with Crippen LogP contribution in [-0.4, -0.2) is 25.0 Å². The number of nitrogens with zero attached hydrogens (tertiary/aromatic N) is 1. The Balaban J connectivity index is 1.56. The van der Waals surface area contributed by atoms with E-state index in [-0.39, 0.29) is 5.70 Å². The summed E-state index contributed by atoms with van der Waals surface area (Å²) >= 11 is 0. The number of anilines is 1. The van der Waals surface area contributed by atoms with Crippen LogP contribution in [-0.2, 0) is 9.53 Å². The summed E-state index contributed by atoms with van der Waals surface area (Å²) in [6, 6.07) is 18.4. The Kier molecular flexibility index (Phi) is 4.70. The number of amides is 3. The Bertz CT molecular complexity index is 1110. The second-order valence-electron chi connectivity index (χ2n) is 6.24. The van der Waals surface area contributed by atoms with Gasteiger partial charge in [0.15, 0.2) is 0 Å². The first-order chi connectivity index (χ1) is 14.1. The molecule has 2 aromatic carbocycles. The van der Waals surface area contributed by atoms with Gasteiger partial charge in [-0.15, -0.1) is 0 Å². The Hall–Kier alpha value is -4.13. The van der Waals surface area contributed by atoms with Crippen LogP contribution in [0.5, 0.6) is 0 Å². The maximum Gasteiger partial charge on any atom is 0.337 e. The van der Waals surface area contributed by atoms with E-state index in [0.29, 0.717) is 22.8 Å². The SMILES string of the molecule is COC(=O)c1ccc(-c2ccc(C=C3NC(=O)N(c4ccccc4)C3=O)o2)cc1. The molecule has 4 rings (SSSR count). The van der Waals surface area contributed by atoms with Crippen molar-refractivity contribution in [1.82, 2.24) is 5.32 Å². The van der Waals surface area contributed by atoms with Gasteiger partial charge in [-0.25, -0.2) is 14.5 Å². The second kappa shape index (κ2) is 7.47. The minimum absolute atomic E-state index is 0.126. The molecule has 3 aromatic rings. The van der Waals surface area contributed by atoms with Gasteiger partial charge in [0.1, 0.15) is 17.2 Å². The van der Waals surface area contributed by atoms with Crippen molar-refractivity contribution in [1.29, 1.82) is 0 Å². The van der Waals surface area contributed by atoms with Gasteiger partial charge < -0.3 is 14.5 Å². The topological polar surface area (TPSA) is 88.9 Å². The third-order valence-corrected chi connectivity index (χ3v) is 4.40. The molecule has 0 atom stereocenters. The molecule has 0 unspecified atom stereocenters. The molecule has 29 heavy (non-hydrogen) atoms. The van der Waals surface area contributed by atoms with Gasteiger partial charge in [-0.2, -0.15) is 0 Å². The highest BCUT2D eigenvalue weighted by Crippen LogP contribution is 2.26. The van der Waals surface area contributed by atoms with Crippen LogP contribution in [0.1, 0.15) is 16.1 Å². The molecule has 0 saturated carbocycles. The zero-order chi connectivity index (χ0) is 20.4. The maximum atomic E-state index is 12.6. The third-order valence-electron chi connectivity index (χ3n) is 4.40. The van der Waals surface area contributed by atoms with Gasteiger partial charge in [-0.05, 0) is 36.4 Å². The number of ether oxygens (including phenoxy) is 1. The number of hydrogen-bond donors (Lipinski definition) is 1. The van der Waals surface area contributed by atoms with E-state index in [9.17, 15) is 14.4 Å².